The second-order valence-electron chi connectivity index (χ2n) is 2.74. The maximum atomic E-state index is 10.5. The summed E-state index contributed by atoms with van der Waals surface area (Å²) >= 11 is 0. The SMILES string of the molecule is CN(CS(=O)(=O)O)c1ccccc1.[Na]. The van der Waals surface area contributed by atoms with E-state index in [1.807, 2.05) is 6.07 Å². The van der Waals surface area contributed by atoms with E-state index in [9.17, 15) is 8.42 Å². The first kappa shape index (κ1) is 13.9. The van der Waals surface area contributed by atoms with Crippen molar-refractivity contribution in [3.63, 3.8) is 0 Å². The summed E-state index contributed by atoms with van der Waals surface area (Å²) in [6.45, 7) is 0. The van der Waals surface area contributed by atoms with E-state index in [2.05, 4.69) is 0 Å². The molecule has 0 spiro atoms. The van der Waals surface area contributed by atoms with E-state index in [4.69, 9.17) is 4.55 Å². The third-order valence-electron chi connectivity index (χ3n) is 1.55. The van der Waals surface area contributed by atoms with Crippen LogP contribution in [0.15, 0.2) is 30.3 Å². The van der Waals surface area contributed by atoms with Crippen LogP contribution in [0, 0.1) is 0 Å². The molecule has 1 rings (SSSR count). The summed E-state index contributed by atoms with van der Waals surface area (Å²) in [6.07, 6.45) is 0. The molecule has 0 aliphatic carbocycles. The molecule has 0 saturated heterocycles. The molecular weight excluding hydrogens is 213 g/mol. The summed E-state index contributed by atoms with van der Waals surface area (Å²) in [5.74, 6) is -0.392. The van der Waals surface area contributed by atoms with Gasteiger partial charge in [-0.2, -0.15) is 8.42 Å². The zero-order valence-electron chi connectivity index (χ0n) is 8.21. The smallest absolute Gasteiger partial charge is 0.283 e. The third-order valence-corrected chi connectivity index (χ3v) is 2.27. The van der Waals surface area contributed by atoms with Crippen molar-refractivity contribution in [1.29, 1.82) is 0 Å². The maximum absolute atomic E-state index is 10.5. The van der Waals surface area contributed by atoms with Crippen LogP contribution in [-0.2, 0) is 10.1 Å². The number of rotatable bonds is 3. The monoisotopic (exact) mass is 224 g/mol. The number of anilines is 1. The van der Waals surface area contributed by atoms with Crippen LogP contribution in [0.3, 0.4) is 0 Å². The first-order valence-electron chi connectivity index (χ1n) is 3.70. The normalized spacial score (nSPS) is 10.4. The molecule has 1 radical (unpaired) electrons. The van der Waals surface area contributed by atoms with Crippen molar-refractivity contribution >= 4 is 45.4 Å². The van der Waals surface area contributed by atoms with Crippen molar-refractivity contribution in [3.05, 3.63) is 30.3 Å². The van der Waals surface area contributed by atoms with Gasteiger partial charge < -0.3 is 4.90 Å². The summed E-state index contributed by atoms with van der Waals surface area (Å²) in [4.78, 5) is 1.45. The molecule has 4 nitrogen and oxygen atoms in total. The number of benzene rings is 1. The van der Waals surface area contributed by atoms with Crippen LogP contribution in [-0.4, -0.2) is 55.5 Å². The van der Waals surface area contributed by atoms with Crippen molar-refractivity contribution < 1.29 is 13.0 Å². The van der Waals surface area contributed by atoms with Gasteiger partial charge in [0, 0.05) is 42.3 Å². The van der Waals surface area contributed by atoms with E-state index >= 15 is 0 Å². The molecule has 0 aliphatic heterocycles. The molecule has 0 atom stereocenters. The zero-order chi connectivity index (χ0) is 9.90. The minimum atomic E-state index is -3.95. The Balaban J connectivity index is 0.00000169. The minimum Gasteiger partial charge on any atom is -0.359 e. The van der Waals surface area contributed by atoms with Crippen molar-refractivity contribution in [2.24, 2.45) is 0 Å². The largest absolute Gasteiger partial charge is 0.359 e. The molecule has 6 heteroatoms. The molecule has 0 amide bonds. The van der Waals surface area contributed by atoms with Gasteiger partial charge in [-0.1, -0.05) is 18.2 Å². The molecule has 0 bridgehead atoms. The van der Waals surface area contributed by atoms with Gasteiger partial charge in [0.15, 0.2) is 0 Å². The molecular formula is C8H11NNaO3S. The van der Waals surface area contributed by atoms with E-state index in [1.165, 1.54) is 4.90 Å². The number of nitrogens with zero attached hydrogens (tertiary/aromatic N) is 1. The van der Waals surface area contributed by atoms with Crippen LogP contribution in [0.5, 0.6) is 0 Å². The van der Waals surface area contributed by atoms with Gasteiger partial charge in [0.25, 0.3) is 10.1 Å². The molecule has 0 heterocycles. The van der Waals surface area contributed by atoms with Gasteiger partial charge in [-0.15, -0.1) is 0 Å². The fraction of sp³-hybridized carbons (Fsp3) is 0.250. The molecule has 0 fully saturated rings. The van der Waals surface area contributed by atoms with Gasteiger partial charge in [-0.3, -0.25) is 4.55 Å². The predicted molar refractivity (Wildman–Crippen MR) is 57.0 cm³/mol. The molecule has 14 heavy (non-hydrogen) atoms. The summed E-state index contributed by atoms with van der Waals surface area (Å²) < 4.78 is 29.6. The van der Waals surface area contributed by atoms with Crippen LogP contribution in [0.4, 0.5) is 5.69 Å². The summed E-state index contributed by atoms with van der Waals surface area (Å²) in [7, 11) is -2.35. The molecule has 0 aliphatic rings. The summed E-state index contributed by atoms with van der Waals surface area (Å²) in [5.41, 5.74) is 0.750. The first-order chi connectivity index (χ1) is 5.99. The Morgan fingerprint density at radius 1 is 1.29 bits per heavy atom. The van der Waals surface area contributed by atoms with E-state index in [1.54, 1.807) is 31.3 Å². The Bertz CT molecular complexity index is 365. The summed E-state index contributed by atoms with van der Waals surface area (Å²) in [5, 5.41) is 0. The topological polar surface area (TPSA) is 57.6 Å². The second-order valence-corrected chi connectivity index (χ2v) is 4.17. The van der Waals surface area contributed by atoms with Crippen LogP contribution >= 0.6 is 0 Å². The van der Waals surface area contributed by atoms with Gasteiger partial charge in [0.2, 0.25) is 0 Å². The molecule has 73 valence electrons. The second kappa shape index (κ2) is 5.72. The van der Waals surface area contributed by atoms with Gasteiger partial charge >= 0.3 is 0 Å². The van der Waals surface area contributed by atoms with Crippen molar-refractivity contribution in [2.75, 3.05) is 17.8 Å². The van der Waals surface area contributed by atoms with Gasteiger partial charge in [0.05, 0.1) is 0 Å². The van der Waals surface area contributed by atoms with E-state index < -0.39 is 16.0 Å². The number of para-hydroxylation sites is 1. The quantitative estimate of drug-likeness (QED) is 0.603. The van der Waals surface area contributed by atoms with Crippen LogP contribution in [0.1, 0.15) is 0 Å². The number of hydrogen-bond donors (Lipinski definition) is 1. The van der Waals surface area contributed by atoms with Crippen LogP contribution in [0.25, 0.3) is 0 Å². The van der Waals surface area contributed by atoms with Gasteiger partial charge in [-0.05, 0) is 12.1 Å². The zero-order valence-corrected chi connectivity index (χ0v) is 11.0. The van der Waals surface area contributed by atoms with Gasteiger partial charge in [-0.25, -0.2) is 0 Å². The Kier molecular flexibility index (Phi) is 5.70. The van der Waals surface area contributed by atoms with E-state index in [0.29, 0.717) is 0 Å². The molecule has 1 aromatic rings. The molecule has 0 saturated carbocycles. The van der Waals surface area contributed by atoms with Crippen LogP contribution < -0.4 is 4.90 Å². The minimum absolute atomic E-state index is 0. The van der Waals surface area contributed by atoms with Crippen molar-refractivity contribution in [3.8, 4) is 0 Å². The average Bonchev–Trinajstić information content (AvgIpc) is 2.03. The Morgan fingerprint density at radius 2 is 1.79 bits per heavy atom. The van der Waals surface area contributed by atoms with E-state index in [0.717, 1.165) is 5.69 Å². The Morgan fingerprint density at radius 3 is 2.21 bits per heavy atom. The molecule has 1 aromatic carbocycles. The number of hydrogen-bond acceptors (Lipinski definition) is 3. The van der Waals surface area contributed by atoms with Gasteiger partial charge in [0.1, 0.15) is 5.88 Å². The standard InChI is InChI=1S/C8H11NO3S.Na/c1-9(7-13(10,11)12)8-5-3-2-4-6-8;/h2-6H,7H2,1H3,(H,10,11,12);. The predicted octanol–water partition coefficient (Wildman–Crippen LogP) is 0.587. The Hall–Kier alpha value is -0.0700. The fourth-order valence-corrected chi connectivity index (χ4v) is 1.64. The fourth-order valence-electron chi connectivity index (χ4n) is 1.00. The Labute approximate surface area is 106 Å². The summed E-state index contributed by atoms with van der Waals surface area (Å²) in [6, 6.07) is 8.98. The maximum Gasteiger partial charge on any atom is 0.283 e. The molecule has 1 N–H and O–H groups in total. The van der Waals surface area contributed by atoms with Crippen molar-refractivity contribution in [2.45, 2.75) is 0 Å². The van der Waals surface area contributed by atoms with Crippen LogP contribution in [0.2, 0.25) is 0 Å². The average molecular weight is 224 g/mol. The molecule has 0 aromatic heterocycles. The van der Waals surface area contributed by atoms with E-state index in [-0.39, 0.29) is 29.6 Å². The first-order valence-corrected chi connectivity index (χ1v) is 5.31. The molecule has 0 unspecified atom stereocenters. The van der Waals surface area contributed by atoms with Crippen molar-refractivity contribution in [1.82, 2.24) is 0 Å². The third kappa shape index (κ3) is 4.97.